The van der Waals surface area contributed by atoms with Crippen LogP contribution in [0.15, 0.2) is 12.1 Å². The maximum Gasteiger partial charge on any atom is 0.201 e. The van der Waals surface area contributed by atoms with E-state index in [4.69, 9.17) is 10.5 Å². The molecule has 2 aromatic rings. The summed E-state index contributed by atoms with van der Waals surface area (Å²) in [4.78, 5) is 4.30. The maximum atomic E-state index is 13.7. The second kappa shape index (κ2) is 5.24. The molecule has 1 saturated heterocycles. The van der Waals surface area contributed by atoms with Crippen LogP contribution >= 0.6 is 22.6 Å². The van der Waals surface area contributed by atoms with Crippen molar-refractivity contribution in [3.63, 3.8) is 0 Å². The monoisotopic (exact) mass is 375 g/mol. The van der Waals surface area contributed by atoms with Crippen molar-refractivity contribution in [2.45, 2.75) is 19.4 Å². The molecule has 2 N–H and O–H groups in total. The number of aryl methyl sites for hydroxylation is 1. The summed E-state index contributed by atoms with van der Waals surface area (Å²) in [6.07, 6.45) is 2.09. The number of halogens is 2. The quantitative estimate of drug-likeness (QED) is 0.840. The highest BCUT2D eigenvalue weighted by molar-refractivity contribution is 14.1. The molecule has 1 aliphatic rings. The van der Waals surface area contributed by atoms with Gasteiger partial charge in [0.25, 0.3) is 0 Å². The molecule has 1 unspecified atom stereocenters. The van der Waals surface area contributed by atoms with E-state index < -0.39 is 0 Å². The van der Waals surface area contributed by atoms with Gasteiger partial charge in [0.15, 0.2) is 0 Å². The lowest BCUT2D eigenvalue weighted by Gasteiger charge is -2.10. The van der Waals surface area contributed by atoms with Crippen molar-refractivity contribution in [2.75, 3.05) is 18.9 Å². The minimum atomic E-state index is -0.224. The lowest BCUT2D eigenvalue weighted by atomic mass is 10.1. The van der Waals surface area contributed by atoms with Gasteiger partial charge in [-0.2, -0.15) is 0 Å². The molecule has 0 spiro atoms. The van der Waals surface area contributed by atoms with Gasteiger partial charge in [-0.3, -0.25) is 0 Å². The lowest BCUT2D eigenvalue weighted by molar-refractivity contribution is 0.183. The highest BCUT2D eigenvalue weighted by atomic mass is 127. The Morgan fingerprint density at radius 2 is 2.37 bits per heavy atom. The van der Waals surface area contributed by atoms with Crippen LogP contribution in [0, 0.1) is 15.3 Å². The van der Waals surface area contributed by atoms with Gasteiger partial charge in [-0.15, -0.1) is 0 Å². The first-order valence-electron chi connectivity index (χ1n) is 6.33. The van der Waals surface area contributed by atoms with E-state index in [0.29, 0.717) is 15.4 Å². The summed E-state index contributed by atoms with van der Waals surface area (Å²) >= 11 is 1.96. The predicted molar refractivity (Wildman–Crippen MR) is 80.4 cm³/mol. The molecular weight excluding hydrogens is 360 g/mol. The second-order valence-electron chi connectivity index (χ2n) is 4.89. The van der Waals surface area contributed by atoms with Gasteiger partial charge in [-0.25, -0.2) is 9.37 Å². The molecule has 1 aromatic carbocycles. The number of hydrogen-bond donors (Lipinski definition) is 1. The molecule has 3 rings (SSSR count). The van der Waals surface area contributed by atoms with Crippen molar-refractivity contribution in [1.29, 1.82) is 0 Å². The first kappa shape index (κ1) is 13.1. The van der Waals surface area contributed by atoms with Crippen molar-refractivity contribution in [1.82, 2.24) is 9.55 Å². The zero-order valence-electron chi connectivity index (χ0n) is 10.4. The van der Waals surface area contributed by atoms with Crippen LogP contribution in [0.5, 0.6) is 0 Å². The van der Waals surface area contributed by atoms with Gasteiger partial charge < -0.3 is 15.0 Å². The number of anilines is 1. The van der Waals surface area contributed by atoms with Gasteiger partial charge in [0.05, 0.1) is 14.6 Å². The number of nitrogen functional groups attached to an aromatic ring is 1. The highest BCUT2D eigenvalue weighted by Gasteiger charge is 2.17. The number of nitrogens with zero attached hydrogens (tertiary/aromatic N) is 2. The fraction of sp³-hybridized carbons (Fsp3) is 0.462. The minimum absolute atomic E-state index is 0.224. The third-order valence-electron chi connectivity index (χ3n) is 3.60. The zero-order chi connectivity index (χ0) is 13.4. The summed E-state index contributed by atoms with van der Waals surface area (Å²) < 4.78 is 21.5. The Labute approximate surface area is 124 Å². The van der Waals surface area contributed by atoms with Gasteiger partial charge in [0.2, 0.25) is 5.95 Å². The van der Waals surface area contributed by atoms with Crippen LogP contribution in [0.2, 0.25) is 0 Å². The fourth-order valence-electron chi connectivity index (χ4n) is 2.50. The Balaban J connectivity index is 1.89. The van der Waals surface area contributed by atoms with Crippen molar-refractivity contribution in [3.05, 3.63) is 21.5 Å². The second-order valence-corrected chi connectivity index (χ2v) is 6.06. The molecular formula is C13H15FIN3O. The van der Waals surface area contributed by atoms with Gasteiger partial charge in [0.1, 0.15) is 5.82 Å². The molecule has 1 fully saturated rings. The summed E-state index contributed by atoms with van der Waals surface area (Å²) in [6.45, 7) is 2.42. The van der Waals surface area contributed by atoms with E-state index in [2.05, 4.69) is 4.98 Å². The summed E-state index contributed by atoms with van der Waals surface area (Å²) in [6, 6.07) is 3.25. The van der Waals surface area contributed by atoms with Crippen LogP contribution in [0.4, 0.5) is 10.3 Å². The third-order valence-corrected chi connectivity index (χ3v) is 4.43. The highest BCUT2D eigenvalue weighted by Crippen LogP contribution is 2.25. The molecule has 0 bridgehead atoms. The van der Waals surface area contributed by atoms with Crippen molar-refractivity contribution < 1.29 is 9.13 Å². The normalized spacial score (nSPS) is 19.4. The smallest absolute Gasteiger partial charge is 0.201 e. The number of rotatable bonds is 3. The Bertz CT molecular complexity index is 607. The number of ether oxygens (including phenoxy) is 1. The average Bonchev–Trinajstić information content (AvgIpc) is 2.96. The van der Waals surface area contributed by atoms with Gasteiger partial charge >= 0.3 is 0 Å². The maximum absolute atomic E-state index is 13.7. The largest absolute Gasteiger partial charge is 0.381 e. The van der Waals surface area contributed by atoms with E-state index in [1.807, 2.05) is 27.2 Å². The molecule has 1 atom stereocenters. The first-order chi connectivity index (χ1) is 9.15. The van der Waals surface area contributed by atoms with Crippen LogP contribution in [0.25, 0.3) is 11.0 Å². The fourth-order valence-corrected chi connectivity index (χ4v) is 2.95. The Kier molecular flexibility index (Phi) is 3.62. The molecule has 0 aliphatic carbocycles. The molecule has 0 saturated carbocycles. The van der Waals surface area contributed by atoms with Crippen LogP contribution in [-0.4, -0.2) is 22.8 Å². The van der Waals surface area contributed by atoms with Crippen LogP contribution in [0.1, 0.15) is 12.8 Å². The number of imidazole rings is 1. The SMILES string of the molecule is Nc1nc2cc(I)c(F)cc2n1CCC1CCOC1. The molecule has 1 aliphatic heterocycles. The first-order valence-corrected chi connectivity index (χ1v) is 7.41. The molecule has 2 heterocycles. The number of fused-ring (bicyclic) bond motifs is 1. The molecule has 6 heteroatoms. The molecule has 4 nitrogen and oxygen atoms in total. The van der Waals surface area contributed by atoms with E-state index >= 15 is 0 Å². The van der Waals surface area contributed by atoms with Crippen LogP contribution in [-0.2, 0) is 11.3 Å². The van der Waals surface area contributed by atoms with Crippen LogP contribution < -0.4 is 5.73 Å². The van der Waals surface area contributed by atoms with E-state index in [9.17, 15) is 4.39 Å². The van der Waals surface area contributed by atoms with Crippen LogP contribution in [0.3, 0.4) is 0 Å². The molecule has 19 heavy (non-hydrogen) atoms. The third kappa shape index (κ3) is 2.55. The van der Waals surface area contributed by atoms with E-state index in [1.54, 1.807) is 6.07 Å². The van der Waals surface area contributed by atoms with E-state index in [0.717, 1.165) is 43.6 Å². The Morgan fingerprint density at radius 3 is 3.11 bits per heavy atom. The topological polar surface area (TPSA) is 53.1 Å². The zero-order valence-corrected chi connectivity index (χ0v) is 12.6. The van der Waals surface area contributed by atoms with Crippen molar-refractivity contribution >= 4 is 39.6 Å². The van der Waals surface area contributed by atoms with Gasteiger partial charge in [0, 0.05) is 25.8 Å². The van der Waals surface area contributed by atoms with Gasteiger partial charge in [-0.1, -0.05) is 0 Å². The van der Waals surface area contributed by atoms with E-state index in [-0.39, 0.29) is 5.82 Å². The minimum Gasteiger partial charge on any atom is -0.381 e. The number of aromatic nitrogens is 2. The summed E-state index contributed by atoms with van der Waals surface area (Å²) in [7, 11) is 0. The predicted octanol–water partition coefficient (Wildman–Crippen LogP) is 2.79. The number of nitrogens with two attached hydrogens (primary N) is 1. The molecule has 102 valence electrons. The lowest BCUT2D eigenvalue weighted by Crippen LogP contribution is -2.08. The summed E-state index contributed by atoms with van der Waals surface area (Å²) in [5, 5.41) is 0. The molecule has 1 aromatic heterocycles. The number of hydrogen-bond acceptors (Lipinski definition) is 3. The average molecular weight is 375 g/mol. The van der Waals surface area contributed by atoms with Crippen molar-refractivity contribution in [2.24, 2.45) is 5.92 Å². The van der Waals surface area contributed by atoms with Gasteiger partial charge in [-0.05, 0) is 47.4 Å². The molecule has 0 amide bonds. The summed E-state index contributed by atoms with van der Waals surface area (Å²) in [5.41, 5.74) is 7.46. The Morgan fingerprint density at radius 1 is 1.53 bits per heavy atom. The summed E-state index contributed by atoms with van der Waals surface area (Å²) in [5.74, 6) is 0.805. The van der Waals surface area contributed by atoms with Crippen molar-refractivity contribution in [3.8, 4) is 0 Å². The standard InChI is InChI=1S/C13H15FIN3O/c14-9-5-12-11(6-10(9)15)17-13(16)18(12)3-1-8-2-4-19-7-8/h5-6,8H,1-4,7H2,(H2,16,17). The number of benzene rings is 1. The Hall–Kier alpha value is -0.890. The van der Waals surface area contributed by atoms with E-state index in [1.165, 1.54) is 6.07 Å². The molecule has 0 radical (unpaired) electrons.